The van der Waals surface area contributed by atoms with Gasteiger partial charge in [-0.3, -0.25) is 9.59 Å². The molecule has 0 saturated carbocycles. The second-order valence-corrected chi connectivity index (χ2v) is 6.35. The van der Waals surface area contributed by atoms with Gasteiger partial charge in [-0.25, -0.2) is 4.98 Å². The Kier molecular flexibility index (Phi) is 4.20. The monoisotopic (exact) mass is 315 g/mol. The van der Waals surface area contributed by atoms with Crippen molar-refractivity contribution >= 4 is 34.5 Å². The Morgan fingerprint density at radius 2 is 2.05 bits per heavy atom. The normalized spacial score (nSPS) is 16.7. The first kappa shape index (κ1) is 14.7. The maximum absolute atomic E-state index is 12.4. The minimum atomic E-state index is -0.131. The van der Waals surface area contributed by atoms with Gasteiger partial charge in [-0.15, -0.1) is 11.3 Å². The number of rotatable bonds is 3. The van der Waals surface area contributed by atoms with Gasteiger partial charge in [0.15, 0.2) is 0 Å². The zero-order chi connectivity index (χ0) is 15.5. The van der Waals surface area contributed by atoms with Crippen molar-refractivity contribution in [1.82, 2.24) is 4.98 Å². The quantitative estimate of drug-likeness (QED) is 0.915. The van der Waals surface area contributed by atoms with Gasteiger partial charge in [-0.05, 0) is 37.5 Å². The third-order valence-electron chi connectivity index (χ3n) is 3.71. The van der Waals surface area contributed by atoms with Crippen molar-refractivity contribution < 1.29 is 9.59 Å². The van der Waals surface area contributed by atoms with Gasteiger partial charge in [0.1, 0.15) is 0 Å². The predicted octanol–water partition coefficient (Wildman–Crippen LogP) is 2.85. The summed E-state index contributed by atoms with van der Waals surface area (Å²) in [6.45, 7) is 1.46. The van der Waals surface area contributed by atoms with E-state index < -0.39 is 0 Å². The van der Waals surface area contributed by atoms with E-state index in [-0.39, 0.29) is 17.7 Å². The maximum atomic E-state index is 12.4. The second-order valence-electron chi connectivity index (χ2n) is 5.41. The van der Waals surface area contributed by atoms with Crippen LogP contribution < -0.4 is 10.6 Å². The van der Waals surface area contributed by atoms with Gasteiger partial charge in [-0.1, -0.05) is 6.07 Å². The molecule has 0 bridgehead atoms. The van der Waals surface area contributed by atoms with E-state index in [1.165, 1.54) is 11.8 Å². The topological polar surface area (TPSA) is 71.1 Å². The lowest BCUT2D eigenvalue weighted by atomic mass is 9.90. The predicted molar refractivity (Wildman–Crippen MR) is 87.0 cm³/mol. The number of hydrogen-bond acceptors (Lipinski definition) is 4. The summed E-state index contributed by atoms with van der Waals surface area (Å²) >= 11 is 1.62. The van der Waals surface area contributed by atoms with E-state index in [4.69, 9.17) is 0 Å². The summed E-state index contributed by atoms with van der Waals surface area (Å²) in [5.74, 6) is -0.120. The summed E-state index contributed by atoms with van der Waals surface area (Å²) in [5.41, 5.74) is 4.37. The number of nitrogens with one attached hydrogen (secondary N) is 2. The van der Waals surface area contributed by atoms with E-state index in [1.54, 1.807) is 23.5 Å². The van der Waals surface area contributed by atoms with Gasteiger partial charge in [0, 0.05) is 29.1 Å². The van der Waals surface area contributed by atoms with Crippen LogP contribution in [0.25, 0.3) is 0 Å². The van der Waals surface area contributed by atoms with Crippen LogP contribution in [0.3, 0.4) is 0 Å². The van der Waals surface area contributed by atoms with Crippen molar-refractivity contribution in [3.05, 3.63) is 40.3 Å². The Hall–Kier alpha value is -2.21. The number of amides is 2. The first-order valence-electron chi connectivity index (χ1n) is 7.21. The van der Waals surface area contributed by atoms with Crippen molar-refractivity contribution in [2.45, 2.75) is 26.2 Å². The number of nitrogens with zero attached hydrogens (tertiary/aromatic N) is 1. The van der Waals surface area contributed by atoms with E-state index >= 15 is 0 Å². The summed E-state index contributed by atoms with van der Waals surface area (Å²) < 4.78 is 0. The van der Waals surface area contributed by atoms with E-state index in [1.807, 2.05) is 17.6 Å². The fourth-order valence-corrected chi connectivity index (χ4v) is 3.54. The van der Waals surface area contributed by atoms with Crippen molar-refractivity contribution in [1.29, 1.82) is 0 Å². The molecule has 2 aromatic rings. The van der Waals surface area contributed by atoms with Gasteiger partial charge >= 0.3 is 0 Å². The second kappa shape index (κ2) is 6.27. The Morgan fingerprint density at radius 3 is 2.82 bits per heavy atom. The molecule has 1 atom stereocenters. The molecular weight excluding hydrogens is 298 g/mol. The number of aromatic nitrogens is 1. The number of benzene rings is 1. The van der Waals surface area contributed by atoms with E-state index in [0.717, 1.165) is 25.0 Å². The molecule has 2 N–H and O–H groups in total. The average molecular weight is 315 g/mol. The van der Waals surface area contributed by atoms with Crippen molar-refractivity contribution in [2.75, 3.05) is 10.6 Å². The molecule has 1 aromatic carbocycles. The third kappa shape index (κ3) is 3.33. The molecule has 22 heavy (non-hydrogen) atoms. The van der Waals surface area contributed by atoms with Crippen molar-refractivity contribution in [2.24, 2.45) is 5.92 Å². The molecule has 1 aliphatic carbocycles. The van der Waals surface area contributed by atoms with Gasteiger partial charge in [0.2, 0.25) is 11.8 Å². The lowest BCUT2D eigenvalue weighted by Gasteiger charge is -2.20. The largest absolute Gasteiger partial charge is 0.326 e. The summed E-state index contributed by atoms with van der Waals surface area (Å²) in [6, 6.07) is 7.19. The molecule has 0 radical (unpaired) electrons. The number of carbonyl (C=O) groups excluding carboxylic acids is 2. The molecule has 5 nitrogen and oxygen atoms in total. The lowest BCUT2D eigenvalue weighted by Crippen LogP contribution is -2.27. The van der Waals surface area contributed by atoms with Crippen LogP contribution in [0.15, 0.2) is 29.8 Å². The molecule has 1 aromatic heterocycles. The van der Waals surface area contributed by atoms with Gasteiger partial charge in [-0.2, -0.15) is 0 Å². The summed E-state index contributed by atoms with van der Waals surface area (Å²) in [5, 5.41) is 5.65. The van der Waals surface area contributed by atoms with Gasteiger partial charge < -0.3 is 10.6 Å². The van der Waals surface area contributed by atoms with Crippen LogP contribution in [0, 0.1) is 5.92 Å². The van der Waals surface area contributed by atoms with Crippen molar-refractivity contribution in [3.8, 4) is 0 Å². The molecule has 2 amide bonds. The van der Waals surface area contributed by atoms with Gasteiger partial charge in [0.25, 0.3) is 0 Å². The smallest absolute Gasteiger partial charge is 0.227 e. The lowest BCUT2D eigenvalue weighted by molar-refractivity contribution is -0.120. The number of fused-ring (bicyclic) bond motifs is 1. The molecule has 3 rings (SSSR count). The molecule has 1 aliphatic rings. The summed E-state index contributed by atoms with van der Waals surface area (Å²) in [7, 11) is 0. The van der Waals surface area contributed by atoms with E-state index in [9.17, 15) is 9.59 Å². The fourth-order valence-electron chi connectivity index (χ4n) is 2.65. The Morgan fingerprint density at radius 1 is 1.27 bits per heavy atom. The number of hydrogen-bond donors (Lipinski definition) is 2. The minimum absolute atomic E-state index is 0.0163. The first-order valence-corrected chi connectivity index (χ1v) is 8.09. The highest BCUT2D eigenvalue weighted by molar-refractivity contribution is 7.09. The SMILES string of the molecule is CC(=O)Nc1cccc(NC(=O)C2CCc3ncsc3C2)c1. The molecule has 0 spiro atoms. The Labute approximate surface area is 132 Å². The highest BCUT2D eigenvalue weighted by Crippen LogP contribution is 2.28. The van der Waals surface area contributed by atoms with Crippen LogP contribution in [0.2, 0.25) is 0 Å². The third-order valence-corrected chi connectivity index (χ3v) is 4.61. The summed E-state index contributed by atoms with van der Waals surface area (Å²) in [4.78, 5) is 29.0. The molecule has 114 valence electrons. The zero-order valence-electron chi connectivity index (χ0n) is 12.3. The molecule has 0 fully saturated rings. The van der Waals surface area contributed by atoms with Crippen molar-refractivity contribution in [3.63, 3.8) is 0 Å². The number of anilines is 2. The fraction of sp³-hybridized carbons (Fsp3) is 0.312. The van der Waals surface area contributed by atoms with Crippen LogP contribution in [-0.4, -0.2) is 16.8 Å². The molecule has 0 aliphatic heterocycles. The molecule has 0 saturated heterocycles. The standard InChI is InChI=1S/C16H17N3O2S/c1-10(20)18-12-3-2-4-13(8-12)19-16(21)11-5-6-14-15(7-11)22-9-17-14/h2-4,8-9,11H,5-7H2,1H3,(H,18,20)(H,19,21). The number of aryl methyl sites for hydroxylation is 1. The summed E-state index contributed by atoms with van der Waals surface area (Å²) in [6.07, 6.45) is 2.45. The molecular formula is C16H17N3O2S. The highest BCUT2D eigenvalue weighted by atomic mass is 32.1. The van der Waals surface area contributed by atoms with E-state index in [2.05, 4.69) is 15.6 Å². The van der Waals surface area contributed by atoms with Crippen LogP contribution in [0.5, 0.6) is 0 Å². The van der Waals surface area contributed by atoms with Crippen LogP contribution >= 0.6 is 11.3 Å². The minimum Gasteiger partial charge on any atom is -0.326 e. The van der Waals surface area contributed by atoms with Crippen LogP contribution in [-0.2, 0) is 22.4 Å². The van der Waals surface area contributed by atoms with Gasteiger partial charge in [0.05, 0.1) is 11.2 Å². The van der Waals surface area contributed by atoms with Crippen LogP contribution in [0.1, 0.15) is 23.9 Å². The molecule has 1 heterocycles. The number of carbonyl (C=O) groups is 2. The maximum Gasteiger partial charge on any atom is 0.227 e. The zero-order valence-corrected chi connectivity index (χ0v) is 13.1. The highest BCUT2D eigenvalue weighted by Gasteiger charge is 2.26. The van der Waals surface area contributed by atoms with Crippen LogP contribution in [0.4, 0.5) is 11.4 Å². The number of thiazole rings is 1. The Balaban J connectivity index is 1.66. The average Bonchev–Trinajstić information content (AvgIpc) is 2.94. The first-order chi connectivity index (χ1) is 10.6. The van der Waals surface area contributed by atoms with E-state index in [0.29, 0.717) is 11.4 Å². The molecule has 6 heteroatoms. The molecule has 1 unspecified atom stereocenters. The Bertz CT molecular complexity index is 711.